The van der Waals surface area contributed by atoms with Crippen LogP contribution in [0.1, 0.15) is 0 Å². The molecule has 3 nitrogen and oxygen atoms in total. The lowest BCUT2D eigenvalue weighted by molar-refractivity contribution is -0.110. The molecule has 0 aliphatic carbocycles. The van der Waals surface area contributed by atoms with E-state index >= 15 is 0 Å². The Morgan fingerprint density at radius 3 is 2.00 bits per heavy atom. The smallest absolute Gasteiger partial charge is 0.175 e. The summed E-state index contributed by atoms with van der Waals surface area (Å²) in [6, 6.07) is 0. The number of alkyl halides is 1. The molecule has 0 radical (unpaired) electrons. The summed E-state index contributed by atoms with van der Waals surface area (Å²) in [6.07, 6.45) is -0.387. The van der Waals surface area contributed by atoms with E-state index in [4.69, 9.17) is 25.8 Å². The minimum Gasteiger partial charge on any atom is -0.383 e. The van der Waals surface area contributed by atoms with Crippen LogP contribution in [0.2, 0.25) is 0 Å². The summed E-state index contributed by atoms with van der Waals surface area (Å²) in [5.41, 5.74) is 0. The highest BCUT2D eigenvalue weighted by Crippen LogP contribution is 2.06. The second-order valence-electron chi connectivity index (χ2n) is 1.81. The molecule has 0 saturated heterocycles. The van der Waals surface area contributed by atoms with Crippen molar-refractivity contribution in [1.82, 2.24) is 0 Å². The van der Waals surface area contributed by atoms with Crippen molar-refractivity contribution in [3.63, 3.8) is 0 Å². The van der Waals surface area contributed by atoms with E-state index in [0.29, 0.717) is 6.61 Å². The highest BCUT2D eigenvalue weighted by Gasteiger charge is 2.17. The molecule has 0 heterocycles. The quantitative estimate of drug-likeness (QED) is 0.450. The molecule has 0 saturated carbocycles. The number of hydrogen-bond acceptors (Lipinski definition) is 3. The monoisotopic (exact) mass is 168 g/mol. The summed E-state index contributed by atoms with van der Waals surface area (Å²) in [6.45, 7) is 0.425. The largest absolute Gasteiger partial charge is 0.383 e. The lowest BCUT2D eigenvalue weighted by Crippen LogP contribution is -2.28. The summed E-state index contributed by atoms with van der Waals surface area (Å²) in [7, 11) is 4.66. The Morgan fingerprint density at radius 1 is 1.20 bits per heavy atom. The molecule has 0 aliphatic heterocycles. The zero-order valence-electron chi connectivity index (χ0n) is 6.46. The molecule has 1 atom stereocenters. The predicted molar refractivity (Wildman–Crippen MR) is 39.3 cm³/mol. The third-order valence-corrected chi connectivity index (χ3v) is 1.42. The van der Waals surface area contributed by atoms with E-state index < -0.39 is 0 Å². The third kappa shape index (κ3) is 3.37. The van der Waals surface area contributed by atoms with Crippen molar-refractivity contribution in [3.8, 4) is 0 Å². The first-order valence-corrected chi connectivity index (χ1v) is 3.38. The van der Waals surface area contributed by atoms with Crippen LogP contribution in [-0.2, 0) is 14.2 Å². The van der Waals surface area contributed by atoms with Gasteiger partial charge in [0.25, 0.3) is 0 Å². The van der Waals surface area contributed by atoms with Gasteiger partial charge in [-0.1, -0.05) is 0 Å². The fourth-order valence-electron chi connectivity index (χ4n) is 0.629. The fourth-order valence-corrected chi connectivity index (χ4v) is 0.961. The van der Waals surface area contributed by atoms with Crippen LogP contribution in [-0.4, -0.2) is 39.6 Å². The first-order valence-electron chi connectivity index (χ1n) is 2.94. The van der Waals surface area contributed by atoms with Crippen LogP contribution < -0.4 is 0 Å². The molecule has 0 amide bonds. The third-order valence-electron chi connectivity index (χ3n) is 1.09. The first-order chi connectivity index (χ1) is 4.76. The first kappa shape index (κ1) is 10.2. The van der Waals surface area contributed by atoms with Crippen LogP contribution in [0.5, 0.6) is 0 Å². The van der Waals surface area contributed by atoms with Crippen molar-refractivity contribution in [1.29, 1.82) is 0 Å². The molecule has 10 heavy (non-hydrogen) atoms. The molecule has 0 aliphatic rings. The molecule has 0 aromatic carbocycles. The van der Waals surface area contributed by atoms with E-state index in [1.807, 2.05) is 0 Å². The molecule has 62 valence electrons. The Labute approximate surface area is 66.2 Å². The van der Waals surface area contributed by atoms with Crippen molar-refractivity contribution in [3.05, 3.63) is 0 Å². The summed E-state index contributed by atoms with van der Waals surface area (Å²) >= 11 is 5.77. The van der Waals surface area contributed by atoms with Gasteiger partial charge >= 0.3 is 0 Å². The maximum Gasteiger partial charge on any atom is 0.175 e. The molecular weight excluding hydrogens is 156 g/mol. The maximum atomic E-state index is 5.77. The summed E-state index contributed by atoms with van der Waals surface area (Å²) in [4.78, 5) is 0. The highest BCUT2D eigenvalue weighted by atomic mass is 35.5. The molecular formula is C6H13ClO3. The molecule has 0 bridgehead atoms. The van der Waals surface area contributed by atoms with Crippen molar-refractivity contribution < 1.29 is 14.2 Å². The Hall–Kier alpha value is 0.170. The van der Waals surface area contributed by atoms with Gasteiger partial charge in [-0.2, -0.15) is 0 Å². The van der Waals surface area contributed by atoms with Gasteiger partial charge in [0.15, 0.2) is 6.29 Å². The summed E-state index contributed by atoms with van der Waals surface area (Å²) in [5, 5.41) is -0.250. The zero-order valence-corrected chi connectivity index (χ0v) is 7.22. The minimum atomic E-state index is -0.387. The van der Waals surface area contributed by atoms with Gasteiger partial charge in [0, 0.05) is 21.3 Å². The van der Waals surface area contributed by atoms with E-state index in [0.717, 1.165) is 0 Å². The second-order valence-corrected chi connectivity index (χ2v) is 2.37. The molecule has 0 aromatic heterocycles. The highest BCUT2D eigenvalue weighted by molar-refractivity contribution is 6.21. The van der Waals surface area contributed by atoms with E-state index in [1.54, 1.807) is 21.3 Å². The van der Waals surface area contributed by atoms with Gasteiger partial charge in [0.2, 0.25) is 0 Å². The second kappa shape index (κ2) is 5.92. The number of hydrogen-bond donors (Lipinski definition) is 0. The van der Waals surface area contributed by atoms with Crippen LogP contribution in [0, 0.1) is 0 Å². The Morgan fingerprint density at radius 2 is 1.70 bits per heavy atom. The molecule has 0 rings (SSSR count). The topological polar surface area (TPSA) is 27.7 Å². The van der Waals surface area contributed by atoms with Gasteiger partial charge in [0.1, 0.15) is 5.38 Å². The van der Waals surface area contributed by atoms with Gasteiger partial charge in [-0.05, 0) is 0 Å². The molecule has 0 spiro atoms. The van der Waals surface area contributed by atoms with Gasteiger partial charge in [-0.25, -0.2) is 0 Å². The molecule has 0 aromatic rings. The van der Waals surface area contributed by atoms with Gasteiger partial charge in [0.05, 0.1) is 6.61 Å². The number of halogens is 1. The zero-order chi connectivity index (χ0) is 7.98. The van der Waals surface area contributed by atoms with E-state index in [1.165, 1.54) is 0 Å². The average molecular weight is 169 g/mol. The van der Waals surface area contributed by atoms with E-state index in [9.17, 15) is 0 Å². The number of rotatable bonds is 5. The van der Waals surface area contributed by atoms with Crippen molar-refractivity contribution >= 4 is 11.6 Å². The maximum absolute atomic E-state index is 5.77. The minimum absolute atomic E-state index is 0.250. The lowest BCUT2D eigenvalue weighted by atomic mass is 10.4. The van der Waals surface area contributed by atoms with Gasteiger partial charge in [-0.15, -0.1) is 11.6 Å². The molecule has 4 heteroatoms. The van der Waals surface area contributed by atoms with Crippen LogP contribution in [0.4, 0.5) is 0 Å². The number of ether oxygens (including phenoxy) is 3. The SMILES string of the molecule is COCC(Cl)C(OC)OC. The predicted octanol–water partition coefficient (Wildman–Crippen LogP) is 0.859. The Balaban J connectivity index is 3.53. The average Bonchev–Trinajstić information content (AvgIpc) is 1.91. The van der Waals surface area contributed by atoms with Gasteiger partial charge in [-0.3, -0.25) is 0 Å². The van der Waals surface area contributed by atoms with Crippen LogP contribution in [0.15, 0.2) is 0 Å². The van der Waals surface area contributed by atoms with Crippen molar-refractivity contribution in [2.75, 3.05) is 27.9 Å². The Bertz CT molecular complexity index is 75.4. The normalized spacial score (nSPS) is 14.1. The molecule has 1 unspecified atom stereocenters. The van der Waals surface area contributed by atoms with Crippen LogP contribution >= 0.6 is 11.6 Å². The van der Waals surface area contributed by atoms with Gasteiger partial charge < -0.3 is 14.2 Å². The fraction of sp³-hybridized carbons (Fsp3) is 1.00. The van der Waals surface area contributed by atoms with Crippen molar-refractivity contribution in [2.24, 2.45) is 0 Å². The Kier molecular flexibility index (Phi) is 6.02. The standard InChI is InChI=1S/C6H13ClO3/c1-8-4-5(7)6(9-2)10-3/h5-6H,4H2,1-3H3. The van der Waals surface area contributed by atoms with E-state index in [2.05, 4.69) is 0 Å². The number of methoxy groups -OCH3 is 3. The van der Waals surface area contributed by atoms with E-state index in [-0.39, 0.29) is 11.7 Å². The van der Waals surface area contributed by atoms with Crippen LogP contribution in [0.3, 0.4) is 0 Å². The van der Waals surface area contributed by atoms with Crippen molar-refractivity contribution in [2.45, 2.75) is 11.7 Å². The summed E-state index contributed by atoms with van der Waals surface area (Å²) in [5.74, 6) is 0. The summed E-state index contributed by atoms with van der Waals surface area (Å²) < 4.78 is 14.6. The molecule has 0 fully saturated rings. The van der Waals surface area contributed by atoms with Crippen LogP contribution in [0.25, 0.3) is 0 Å². The molecule has 0 N–H and O–H groups in total. The lowest BCUT2D eigenvalue weighted by Gasteiger charge is -2.17.